The number of anilines is 1. The van der Waals surface area contributed by atoms with E-state index in [1.165, 1.54) is 0 Å². The largest absolute Gasteiger partial charge is 0.382 e. The third-order valence-electron chi connectivity index (χ3n) is 1.50. The first-order chi connectivity index (χ1) is 5.70. The van der Waals surface area contributed by atoms with Crippen molar-refractivity contribution in [3.8, 4) is 0 Å². The molecule has 62 valence electrons. The molecular weight excluding hydrogens is 382 g/mol. The van der Waals surface area contributed by atoms with Gasteiger partial charge in [-0.1, -0.05) is 0 Å². The van der Waals surface area contributed by atoms with Gasteiger partial charge in [0.25, 0.3) is 0 Å². The topological polar surface area (TPSA) is 56.2 Å². The van der Waals surface area contributed by atoms with Crippen molar-refractivity contribution in [2.24, 2.45) is 0 Å². The van der Waals surface area contributed by atoms with Crippen LogP contribution in [0.15, 0.2) is 12.4 Å². The average Bonchev–Trinajstić information content (AvgIpc) is 2.29. The molecule has 2 rings (SSSR count). The van der Waals surface area contributed by atoms with E-state index in [2.05, 4.69) is 55.1 Å². The summed E-state index contributed by atoms with van der Waals surface area (Å²) in [5, 5.41) is 0. The number of nitrogens with two attached hydrogens (primary N) is 1. The zero-order chi connectivity index (χ0) is 8.72. The predicted molar refractivity (Wildman–Crippen MR) is 62.8 cm³/mol. The molecule has 0 saturated heterocycles. The summed E-state index contributed by atoms with van der Waals surface area (Å²) in [6, 6.07) is 0. The summed E-state index contributed by atoms with van der Waals surface area (Å²) >= 11 is 4.31. The fourth-order valence-electron chi connectivity index (χ4n) is 0.986. The van der Waals surface area contributed by atoms with Crippen molar-refractivity contribution in [2.45, 2.75) is 0 Å². The summed E-state index contributed by atoms with van der Waals surface area (Å²) in [5.41, 5.74) is 6.58. The molecule has 0 spiro atoms. The Bertz CT molecular complexity index is 436. The highest BCUT2D eigenvalue weighted by molar-refractivity contribution is 14.1. The number of hydrogen-bond acceptors (Lipinski definition) is 3. The first-order valence-electron chi connectivity index (χ1n) is 3.13. The lowest BCUT2D eigenvalue weighted by atomic mass is 10.5. The molecule has 2 aromatic heterocycles. The molecule has 0 aliphatic rings. The monoisotopic (exact) mass is 386 g/mol. The van der Waals surface area contributed by atoms with E-state index in [0.717, 1.165) is 13.0 Å². The van der Waals surface area contributed by atoms with Crippen molar-refractivity contribution in [3.05, 3.63) is 19.9 Å². The average molecular weight is 386 g/mol. The molecule has 0 saturated carbocycles. The lowest BCUT2D eigenvalue weighted by molar-refractivity contribution is 1.07. The van der Waals surface area contributed by atoms with E-state index in [0.29, 0.717) is 5.82 Å². The molecule has 0 fully saturated rings. The van der Waals surface area contributed by atoms with Gasteiger partial charge in [-0.3, -0.25) is 4.40 Å². The van der Waals surface area contributed by atoms with Crippen LogP contribution in [0, 0.1) is 7.53 Å². The normalized spacial score (nSPS) is 10.8. The Labute approximate surface area is 95.9 Å². The number of rotatable bonds is 0. The Kier molecular flexibility index (Phi) is 2.10. The van der Waals surface area contributed by atoms with Crippen molar-refractivity contribution in [2.75, 3.05) is 5.73 Å². The summed E-state index contributed by atoms with van der Waals surface area (Å²) < 4.78 is 3.72. The van der Waals surface area contributed by atoms with Gasteiger partial charge in [-0.25, -0.2) is 9.97 Å². The van der Waals surface area contributed by atoms with Gasteiger partial charge >= 0.3 is 0 Å². The Balaban J connectivity index is 2.99. The molecule has 0 aromatic carbocycles. The summed E-state index contributed by atoms with van der Waals surface area (Å²) in [5.74, 6) is 0.525. The van der Waals surface area contributed by atoms with E-state index in [1.807, 2.05) is 10.6 Å². The highest BCUT2D eigenvalue weighted by atomic mass is 127. The molecule has 6 heteroatoms. The first kappa shape index (κ1) is 8.48. The number of aromatic nitrogens is 3. The minimum atomic E-state index is 0.525. The molecule has 0 bridgehead atoms. The summed E-state index contributed by atoms with van der Waals surface area (Å²) in [6.07, 6.45) is 3.52. The highest BCUT2D eigenvalue weighted by Gasteiger charge is 2.08. The quantitative estimate of drug-likeness (QED) is 0.699. The minimum absolute atomic E-state index is 0.525. The van der Waals surface area contributed by atoms with E-state index < -0.39 is 0 Å². The lowest BCUT2D eigenvalue weighted by Crippen LogP contribution is -1.95. The van der Waals surface area contributed by atoms with Crippen molar-refractivity contribution < 1.29 is 0 Å². The molecule has 0 radical (unpaired) electrons. The molecular formula is C6H4I2N4. The van der Waals surface area contributed by atoms with Crippen LogP contribution in [0.2, 0.25) is 0 Å². The molecule has 0 amide bonds. The van der Waals surface area contributed by atoms with Crippen molar-refractivity contribution in [1.82, 2.24) is 14.4 Å². The molecule has 0 unspecified atom stereocenters. The maximum Gasteiger partial charge on any atom is 0.177 e. The van der Waals surface area contributed by atoms with Gasteiger partial charge in [0.1, 0.15) is 9.22 Å². The van der Waals surface area contributed by atoms with Crippen LogP contribution in [0.1, 0.15) is 0 Å². The number of fused-ring (bicyclic) bond motifs is 1. The van der Waals surface area contributed by atoms with Crippen molar-refractivity contribution in [3.63, 3.8) is 0 Å². The second kappa shape index (κ2) is 2.98. The van der Waals surface area contributed by atoms with Crippen LogP contribution < -0.4 is 5.73 Å². The first-order valence-corrected chi connectivity index (χ1v) is 5.29. The van der Waals surface area contributed by atoms with Gasteiger partial charge in [-0.2, -0.15) is 0 Å². The standard InChI is InChI=1S/C6H4I2N4/c7-4-3-5(9)10-1-2-12(3)6(8)11-4/h1-2H,(H2,9,10). The SMILES string of the molecule is Nc1nccn2c(I)nc(I)c12. The second-order valence-corrected chi connectivity index (χ2v) is 4.19. The van der Waals surface area contributed by atoms with Gasteiger partial charge in [0, 0.05) is 35.0 Å². The van der Waals surface area contributed by atoms with Crippen LogP contribution in [0.25, 0.3) is 5.52 Å². The van der Waals surface area contributed by atoms with Crippen LogP contribution in [0.4, 0.5) is 5.82 Å². The molecule has 4 nitrogen and oxygen atoms in total. The number of imidazole rings is 1. The zero-order valence-corrected chi connectivity index (χ0v) is 10.1. The van der Waals surface area contributed by atoms with Gasteiger partial charge in [0.05, 0.1) is 0 Å². The van der Waals surface area contributed by atoms with Gasteiger partial charge < -0.3 is 5.73 Å². The van der Waals surface area contributed by atoms with E-state index >= 15 is 0 Å². The molecule has 2 N–H and O–H groups in total. The number of hydrogen-bond donors (Lipinski definition) is 1. The molecule has 0 aliphatic heterocycles. The Morgan fingerprint density at radius 3 is 2.83 bits per heavy atom. The Morgan fingerprint density at radius 2 is 2.17 bits per heavy atom. The van der Waals surface area contributed by atoms with Crippen LogP contribution >= 0.6 is 45.2 Å². The van der Waals surface area contributed by atoms with Crippen LogP contribution in [-0.2, 0) is 0 Å². The fraction of sp³-hybridized carbons (Fsp3) is 0. The maximum atomic E-state index is 5.69. The minimum Gasteiger partial charge on any atom is -0.382 e. The Morgan fingerprint density at radius 1 is 1.42 bits per heavy atom. The van der Waals surface area contributed by atoms with E-state index in [9.17, 15) is 0 Å². The lowest BCUT2D eigenvalue weighted by Gasteiger charge is -1.96. The van der Waals surface area contributed by atoms with Gasteiger partial charge in [0.15, 0.2) is 9.65 Å². The van der Waals surface area contributed by atoms with Crippen molar-refractivity contribution >= 4 is 56.5 Å². The second-order valence-electron chi connectivity index (χ2n) is 2.20. The molecule has 0 atom stereocenters. The Hall–Kier alpha value is -0.120. The number of nitrogens with zero attached hydrogens (tertiary/aromatic N) is 3. The number of nitrogen functional groups attached to an aromatic ring is 1. The highest BCUT2D eigenvalue weighted by Crippen LogP contribution is 2.19. The van der Waals surface area contributed by atoms with Crippen molar-refractivity contribution in [1.29, 1.82) is 0 Å². The fourth-order valence-corrected chi connectivity index (χ4v) is 2.86. The van der Waals surface area contributed by atoms with Crippen LogP contribution in [0.3, 0.4) is 0 Å². The molecule has 2 aromatic rings. The maximum absolute atomic E-state index is 5.69. The summed E-state index contributed by atoms with van der Waals surface area (Å²) in [4.78, 5) is 8.26. The van der Waals surface area contributed by atoms with Gasteiger partial charge in [-0.05, 0) is 22.6 Å². The van der Waals surface area contributed by atoms with Crippen LogP contribution in [-0.4, -0.2) is 14.4 Å². The molecule has 12 heavy (non-hydrogen) atoms. The predicted octanol–water partition coefficient (Wildman–Crippen LogP) is 1.52. The zero-order valence-electron chi connectivity index (χ0n) is 5.83. The van der Waals surface area contributed by atoms with E-state index in [4.69, 9.17) is 5.73 Å². The smallest absolute Gasteiger partial charge is 0.177 e. The van der Waals surface area contributed by atoms with Gasteiger partial charge in [0.2, 0.25) is 0 Å². The number of halogens is 2. The molecule has 2 heterocycles. The molecule has 0 aliphatic carbocycles. The summed E-state index contributed by atoms with van der Waals surface area (Å²) in [6.45, 7) is 0. The van der Waals surface area contributed by atoms with Crippen LogP contribution in [0.5, 0.6) is 0 Å². The van der Waals surface area contributed by atoms with E-state index in [-0.39, 0.29) is 0 Å². The van der Waals surface area contributed by atoms with E-state index in [1.54, 1.807) is 6.20 Å². The third kappa shape index (κ3) is 1.16. The third-order valence-corrected chi connectivity index (χ3v) is 3.01. The summed E-state index contributed by atoms with van der Waals surface area (Å²) in [7, 11) is 0. The van der Waals surface area contributed by atoms with Gasteiger partial charge in [-0.15, -0.1) is 0 Å².